The van der Waals surface area contributed by atoms with E-state index in [-0.39, 0.29) is 23.3 Å². The summed E-state index contributed by atoms with van der Waals surface area (Å²) in [5.74, 6) is 0.859. The second kappa shape index (κ2) is 5.10. The molecule has 19 heavy (non-hydrogen) atoms. The molecule has 2 aliphatic rings. The summed E-state index contributed by atoms with van der Waals surface area (Å²) in [5.41, 5.74) is 0.357. The van der Waals surface area contributed by atoms with Gasteiger partial charge in [0.25, 0.3) is 0 Å². The van der Waals surface area contributed by atoms with Crippen LogP contribution < -0.4 is 10.0 Å². The number of rotatable bonds is 3. The maximum absolute atomic E-state index is 12.1. The molecule has 0 radical (unpaired) electrons. The highest BCUT2D eigenvalue weighted by Gasteiger charge is 2.54. The molecule has 5 nitrogen and oxygen atoms in total. The van der Waals surface area contributed by atoms with E-state index < -0.39 is 10.0 Å². The van der Waals surface area contributed by atoms with Gasteiger partial charge >= 0.3 is 0 Å². The molecule has 102 valence electrons. The Morgan fingerprint density at radius 2 is 2.00 bits per heavy atom. The van der Waals surface area contributed by atoms with Crippen LogP contribution >= 0.6 is 12.4 Å². The van der Waals surface area contributed by atoms with Gasteiger partial charge in [-0.15, -0.1) is 12.4 Å². The lowest BCUT2D eigenvalue weighted by atomic mass is 10.2. The topological polar surface area (TPSA) is 82.0 Å². The van der Waals surface area contributed by atoms with Gasteiger partial charge in [0.2, 0.25) is 10.0 Å². The number of halogens is 1. The molecule has 1 saturated heterocycles. The van der Waals surface area contributed by atoms with Gasteiger partial charge in [-0.25, -0.2) is 13.1 Å². The summed E-state index contributed by atoms with van der Waals surface area (Å²) in [5, 5.41) is 12.0. The van der Waals surface area contributed by atoms with E-state index in [0.717, 1.165) is 13.1 Å². The first-order valence-corrected chi connectivity index (χ1v) is 7.33. The maximum atomic E-state index is 12.1. The Hall–Kier alpha value is -1.13. The summed E-state index contributed by atoms with van der Waals surface area (Å²) in [4.78, 5) is 0.166. The molecule has 0 amide bonds. The van der Waals surface area contributed by atoms with Gasteiger partial charge in [-0.2, -0.15) is 5.26 Å². The number of piperidine rings is 1. The van der Waals surface area contributed by atoms with Crippen LogP contribution in [-0.2, 0) is 10.0 Å². The average Bonchev–Trinajstić information content (AvgIpc) is 2.80. The first-order chi connectivity index (χ1) is 8.62. The molecule has 2 unspecified atom stereocenters. The SMILES string of the molecule is Cl.N#Cc1cccc(S(=O)(=O)NC2C3CNCC32)c1. The van der Waals surface area contributed by atoms with Crippen LogP contribution in [0, 0.1) is 23.2 Å². The molecule has 1 aromatic rings. The lowest BCUT2D eigenvalue weighted by molar-refractivity contribution is 0.565. The molecule has 3 rings (SSSR count). The zero-order valence-electron chi connectivity index (χ0n) is 10.0. The minimum absolute atomic E-state index is 0. The molecule has 0 bridgehead atoms. The highest BCUT2D eigenvalue weighted by Crippen LogP contribution is 2.42. The zero-order chi connectivity index (χ0) is 12.8. The van der Waals surface area contributed by atoms with Crippen LogP contribution in [-0.4, -0.2) is 27.5 Å². The monoisotopic (exact) mass is 299 g/mol. The lowest BCUT2D eigenvalue weighted by Gasteiger charge is -2.08. The van der Waals surface area contributed by atoms with Gasteiger partial charge in [0.15, 0.2) is 0 Å². The van der Waals surface area contributed by atoms with E-state index in [9.17, 15) is 8.42 Å². The Morgan fingerprint density at radius 1 is 1.32 bits per heavy atom. The van der Waals surface area contributed by atoms with Crippen molar-refractivity contribution in [1.82, 2.24) is 10.0 Å². The summed E-state index contributed by atoms with van der Waals surface area (Å²) in [6.07, 6.45) is 0. The van der Waals surface area contributed by atoms with E-state index >= 15 is 0 Å². The number of hydrogen-bond acceptors (Lipinski definition) is 4. The van der Waals surface area contributed by atoms with Gasteiger partial charge in [-0.1, -0.05) is 6.07 Å². The highest BCUT2D eigenvalue weighted by molar-refractivity contribution is 7.89. The quantitative estimate of drug-likeness (QED) is 0.850. The molecule has 7 heteroatoms. The van der Waals surface area contributed by atoms with E-state index in [2.05, 4.69) is 10.0 Å². The first-order valence-electron chi connectivity index (χ1n) is 5.85. The molecule has 2 fully saturated rings. The molecule has 1 saturated carbocycles. The Kier molecular flexibility index (Phi) is 3.83. The smallest absolute Gasteiger partial charge is 0.240 e. The number of sulfonamides is 1. The number of nitrogens with zero attached hydrogens (tertiary/aromatic N) is 1. The molecule has 1 aliphatic carbocycles. The first kappa shape index (κ1) is 14.3. The number of fused-ring (bicyclic) bond motifs is 1. The molecule has 0 aromatic heterocycles. The van der Waals surface area contributed by atoms with Crippen molar-refractivity contribution in [2.45, 2.75) is 10.9 Å². The van der Waals surface area contributed by atoms with E-state index in [4.69, 9.17) is 5.26 Å². The molecule has 1 heterocycles. The van der Waals surface area contributed by atoms with Crippen LogP contribution in [0.3, 0.4) is 0 Å². The van der Waals surface area contributed by atoms with E-state index in [0.29, 0.717) is 17.4 Å². The van der Waals surface area contributed by atoms with E-state index in [1.165, 1.54) is 12.1 Å². The zero-order valence-corrected chi connectivity index (χ0v) is 11.7. The molecular weight excluding hydrogens is 286 g/mol. The van der Waals surface area contributed by atoms with Crippen molar-refractivity contribution in [3.63, 3.8) is 0 Å². The van der Waals surface area contributed by atoms with Crippen LogP contribution in [0.5, 0.6) is 0 Å². The van der Waals surface area contributed by atoms with Gasteiger partial charge in [0.1, 0.15) is 0 Å². The van der Waals surface area contributed by atoms with Gasteiger partial charge in [0, 0.05) is 6.04 Å². The normalized spacial score (nSPS) is 28.1. The van der Waals surface area contributed by atoms with Crippen molar-refractivity contribution < 1.29 is 8.42 Å². The number of hydrogen-bond donors (Lipinski definition) is 2. The second-order valence-corrected chi connectivity index (χ2v) is 6.49. The Labute approximate surface area is 118 Å². The van der Waals surface area contributed by atoms with Crippen molar-refractivity contribution in [3.05, 3.63) is 29.8 Å². The lowest BCUT2D eigenvalue weighted by Crippen LogP contribution is -2.32. The molecule has 2 atom stereocenters. The second-order valence-electron chi connectivity index (χ2n) is 4.77. The Balaban J connectivity index is 0.00000133. The largest absolute Gasteiger partial charge is 0.316 e. The van der Waals surface area contributed by atoms with Gasteiger partial charge in [0.05, 0.1) is 16.5 Å². The van der Waals surface area contributed by atoms with Gasteiger partial charge < -0.3 is 5.32 Å². The average molecular weight is 300 g/mol. The summed E-state index contributed by atoms with van der Waals surface area (Å²) in [6, 6.07) is 8.10. The third-order valence-corrected chi connectivity index (χ3v) is 5.11. The van der Waals surface area contributed by atoms with Crippen molar-refractivity contribution >= 4 is 22.4 Å². The third kappa shape index (κ3) is 2.60. The molecule has 2 N–H and O–H groups in total. The fourth-order valence-corrected chi connectivity index (χ4v) is 3.96. The van der Waals surface area contributed by atoms with Crippen LogP contribution in [0.25, 0.3) is 0 Å². The third-order valence-electron chi connectivity index (χ3n) is 3.66. The van der Waals surface area contributed by atoms with Crippen molar-refractivity contribution in [1.29, 1.82) is 5.26 Å². The summed E-state index contributed by atoms with van der Waals surface area (Å²) in [6.45, 7) is 1.77. The predicted molar refractivity (Wildman–Crippen MR) is 72.4 cm³/mol. The highest BCUT2D eigenvalue weighted by atomic mass is 35.5. The van der Waals surface area contributed by atoms with Crippen LogP contribution in [0.4, 0.5) is 0 Å². The fraction of sp³-hybridized carbons (Fsp3) is 0.417. The predicted octanol–water partition coefficient (Wildman–Crippen LogP) is 0.476. The summed E-state index contributed by atoms with van der Waals surface area (Å²) < 4.78 is 27.0. The van der Waals surface area contributed by atoms with Crippen molar-refractivity contribution in [3.8, 4) is 6.07 Å². The standard InChI is InChI=1S/C12H13N3O2S.ClH/c13-5-8-2-1-3-9(4-8)18(16,17)15-12-10-6-14-7-11(10)12;/h1-4,10-12,14-15H,6-7H2;1H. The Bertz CT molecular complexity index is 616. The van der Waals surface area contributed by atoms with Crippen LogP contribution in [0.2, 0.25) is 0 Å². The molecule has 1 aliphatic heterocycles. The fourth-order valence-electron chi connectivity index (χ4n) is 2.57. The Morgan fingerprint density at radius 3 is 2.63 bits per heavy atom. The van der Waals surface area contributed by atoms with Crippen molar-refractivity contribution in [2.75, 3.05) is 13.1 Å². The summed E-state index contributed by atoms with van der Waals surface area (Å²) >= 11 is 0. The number of benzene rings is 1. The minimum atomic E-state index is -3.50. The molecule has 1 aromatic carbocycles. The van der Waals surface area contributed by atoms with Crippen LogP contribution in [0.15, 0.2) is 29.2 Å². The number of nitriles is 1. The van der Waals surface area contributed by atoms with Gasteiger partial charge in [-0.05, 0) is 43.1 Å². The number of nitrogens with one attached hydrogen (secondary N) is 2. The van der Waals surface area contributed by atoms with E-state index in [1.807, 2.05) is 6.07 Å². The summed E-state index contributed by atoms with van der Waals surface area (Å²) in [7, 11) is -3.50. The van der Waals surface area contributed by atoms with Crippen LogP contribution in [0.1, 0.15) is 5.56 Å². The molecular formula is C12H14ClN3O2S. The van der Waals surface area contributed by atoms with E-state index in [1.54, 1.807) is 12.1 Å². The maximum Gasteiger partial charge on any atom is 0.240 e. The molecule has 0 spiro atoms. The van der Waals surface area contributed by atoms with Gasteiger partial charge in [-0.3, -0.25) is 0 Å². The van der Waals surface area contributed by atoms with Crippen molar-refractivity contribution in [2.24, 2.45) is 11.8 Å². The minimum Gasteiger partial charge on any atom is -0.316 e.